The number of hydrogen-bond acceptors (Lipinski definition) is 7. The normalized spacial score (nSPS) is 21.4. The molecule has 2 aromatic heterocycles. The van der Waals surface area contributed by atoms with Gasteiger partial charge in [-0.3, -0.25) is 9.89 Å². The van der Waals surface area contributed by atoms with Crippen molar-refractivity contribution in [1.82, 2.24) is 25.2 Å². The Morgan fingerprint density at radius 2 is 2.12 bits per heavy atom. The quantitative estimate of drug-likeness (QED) is 0.654. The smallest absolute Gasteiger partial charge is 0.272 e. The number of piperidine rings is 1. The lowest BCUT2D eigenvalue weighted by Crippen LogP contribution is -2.51. The van der Waals surface area contributed by atoms with Crippen molar-refractivity contribution in [3.8, 4) is 17.0 Å². The summed E-state index contributed by atoms with van der Waals surface area (Å²) in [6.45, 7) is 4.23. The van der Waals surface area contributed by atoms with Crippen LogP contribution in [0.2, 0.25) is 0 Å². The lowest BCUT2D eigenvalue weighted by Gasteiger charge is -2.46. The molecular formula is C24H27N5O4. The Bertz CT molecular complexity index is 1180. The lowest BCUT2D eigenvalue weighted by molar-refractivity contribution is -0.123. The number of nitrogens with zero attached hydrogens (tertiary/aromatic N) is 4. The number of aryl methyl sites for hydroxylation is 1. The van der Waals surface area contributed by atoms with Crippen LogP contribution in [0, 0.1) is 12.8 Å². The van der Waals surface area contributed by atoms with Crippen LogP contribution in [0.25, 0.3) is 11.3 Å². The van der Waals surface area contributed by atoms with Gasteiger partial charge in [0.25, 0.3) is 5.91 Å². The highest BCUT2D eigenvalue weighted by atomic mass is 16.5. The van der Waals surface area contributed by atoms with E-state index in [0.29, 0.717) is 37.2 Å². The van der Waals surface area contributed by atoms with Crippen molar-refractivity contribution in [3.63, 3.8) is 0 Å². The molecule has 1 spiro atoms. The Hall–Kier alpha value is -3.20. The van der Waals surface area contributed by atoms with Crippen molar-refractivity contribution in [1.29, 1.82) is 0 Å². The van der Waals surface area contributed by atoms with Gasteiger partial charge >= 0.3 is 0 Å². The molecule has 0 aliphatic carbocycles. The van der Waals surface area contributed by atoms with E-state index in [1.807, 2.05) is 36.1 Å². The molecule has 33 heavy (non-hydrogen) atoms. The van der Waals surface area contributed by atoms with E-state index in [-0.39, 0.29) is 11.5 Å². The number of carbonyl (C=O) groups is 1. The van der Waals surface area contributed by atoms with Crippen LogP contribution in [-0.4, -0.2) is 56.4 Å². The second-order valence-corrected chi connectivity index (χ2v) is 9.33. The number of rotatable bonds is 3. The first-order valence-corrected chi connectivity index (χ1v) is 11.6. The molecule has 2 saturated heterocycles. The summed E-state index contributed by atoms with van der Waals surface area (Å²) in [5.74, 6) is 2.63. The van der Waals surface area contributed by atoms with Crippen LogP contribution in [0.5, 0.6) is 5.75 Å². The lowest BCUT2D eigenvalue weighted by atomic mass is 9.78. The second-order valence-electron chi connectivity index (χ2n) is 9.33. The molecule has 1 unspecified atom stereocenters. The number of amides is 1. The molecule has 6 rings (SSSR count). The minimum absolute atomic E-state index is 0.0174. The maximum atomic E-state index is 13.4. The van der Waals surface area contributed by atoms with E-state index in [2.05, 4.69) is 20.3 Å². The van der Waals surface area contributed by atoms with Crippen molar-refractivity contribution >= 4 is 5.91 Å². The van der Waals surface area contributed by atoms with Crippen LogP contribution < -0.4 is 4.74 Å². The molecule has 1 aromatic carbocycles. The Balaban J connectivity index is 1.13. The fourth-order valence-corrected chi connectivity index (χ4v) is 5.45. The van der Waals surface area contributed by atoms with Crippen molar-refractivity contribution in [2.45, 2.75) is 51.2 Å². The van der Waals surface area contributed by atoms with Crippen molar-refractivity contribution in [2.75, 3.05) is 19.7 Å². The number of H-pyrrole nitrogens is 1. The summed E-state index contributed by atoms with van der Waals surface area (Å²) in [5.41, 5.74) is 2.93. The monoisotopic (exact) mass is 449 g/mol. The van der Waals surface area contributed by atoms with Crippen molar-refractivity contribution < 1.29 is 18.8 Å². The third-order valence-corrected chi connectivity index (χ3v) is 7.19. The fraction of sp³-hybridized carbons (Fsp3) is 0.500. The Labute approximate surface area is 191 Å². The Morgan fingerprint density at radius 3 is 2.94 bits per heavy atom. The van der Waals surface area contributed by atoms with Gasteiger partial charge < -0.3 is 18.9 Å². The summed E-state index contributed by atoms with van der Waals surface area (Å²) in [6, 6.07) is 7.79. The number of aromatic nitrogens is 4. The maximum absolute atomic E-state index is 13.4. The predicted molar refractivity (Wildman–Crippen MR) is 118 cm³/mol. The van der Waals surface area contributed by atoms with Crippen LogP contribution in [0.15, 0.2) is 28.8 Å². The van der Waals surface area contributed by atoms with E-state index < -0.39 is 0 Å². The molecule has 3 aliphatic heterocycles. The number of benzene rings is 1. The van der Waals surface area contributed by atoms with E-state index in [1.54, 1.807) is 0 Å². The highest BCUT2D eigenvalue weighted by Crippen LogP contribution is 2.40. The average Bonchev–Trinajstić information content (AvgIpc) is 3.45. The molecule has 0 bridgehead atoms. The van der Waals surface area contributed by atoms with E-state index in [9.17, 15) is 4.79 Å². The van der Waals surface area contributed by atoms with Crippen LogP contribution in [0.4, 0.5) is 0 Å². The van der Waals surface area contributed by atoms with Gasteiger partial charge in [0, 0.05) is 44.2 Å². The third kappa shape index (κ3) is 3.70. The zero-order valence-electron chi connectivity index (χ0n) is 18.7. The maximum Gasteiger partial charge on any atom is 0.272 e. The van der Waals surface area contributed by atoms with Gasteiger partial charge in [0.05, 0.1) is 5.60 Å². The first-order valence-electron chi connectivity index (χ1n) is 11.6. The molecule has 9 nitrogen and oxygen atoms in total. The van der Waals surface area contributed by atoms with E-state index in [1.165, 1.54) is 0 Å². The molecule has 0 radical (unpaired) electrons. The zero-order valence-corrected chi connectivity index (χ0v) is 18.7. The average molecular weight is 450 g/mol. The number of fused-ring (bicyclic) bond motifs is 3. The van der Waals surface area contributed by atoms with Crippen LogP contribution in [-0.2, 0) is 17.8 Å². The van der Waals surface area contributed by atoms with Gasteiger partial charge in [0.1, 0.15) is 23.7 Å². The van der Waals surface area contributed by atoms with Crippen molar-refractivity contribution in [2.24, 2.45) is 5.92 Å². The summed E-state index contributed by atoms with van der Waals surface area (Å²) >= 11 is 0. The number of ether oxygens (including phenoxy) is 2. The summed E-state index contributed by atoms with van der Waals surface area (Å²) in [4.78, 5) is 19.6. The standard InChI is InChI=1S/C24H27N5O4/c1-15-25-20(28-33-15)12-16-6-11-32-24(13-16)7-9-29(10-8-24)23(30)22-18-14-31-19-5-3-2-4-17(19)21(18)26-27-22/h2-5,16H,6-14H2,1H3,(H,26,27). The molecule has 1 atom stereocenters. The fourth-order valence-electron chi connectivity index (χ4n) is 5.45. The Morgan fingerprint density at radius 1 is 1.27 bits per heavy atom. The van der Waals surface area contributed by atoms with Crippen LogP contribution >= 0.6 is 0 Å². The number of aromatic amines is 1. The van der Waals surface area contributed by atoms with E-state index in [4.69, 9.17) is 14.0 Å². The Kier molecular flexibility index (Phi) is 4.94. The highest BCUT2D eigenvalue weighted by Gasteiger charge is 2.42. The van der Waals surface area contributed by atoms with Gasteiger partial charge in [0.15, 0.2) is 5.82 Å². The molecule has 1 amide bonds. The molecule has 5 heterocycles. The topological polar surface area (TPSA) is 106 Å². The SMILES string of the molecule is Cc1nc(CC2CCOC3(CCN(C(=O)c4[nH]nc5c4COc4ccccc4-5)CC3)C2)no1. The minimum atomic E-state index is -0.173. The predicted octanol–water partition coefficient (Wildman–Crippen LogP) is 3.30. The number of nitrogens with one attached hydrogen (secondary N) is 1. The first-order chi connectivity index (χ1) is 16.1. The summed E-state index contributed by atoms with van der Waals surface area (Å²) in [7, 11) is 0. The molecule has 3 aliphatic rings. The van der Waals surface area contributed by atoms with Crippen LogP contribution in [0.3, 0.4) is 0 Å². The van der Waals surface area contributed by atoms with Crippen LogP contribution in [0.1, 0.15) is 53.5 Å². The van der Waals surface area contributed by atoms with Gasteiger partial charge in [-0.25, -0.2) is 0 Å². The second kappa shape index (κ2) is 7.98. The summed E-state index contributed by atoms with van der Waals surface area (Å²) in [5, 5.41) is 11.5. The molecule has 3 aromatic rings. The molecule has 9 heteroatoms. The largest absolute Gasteiger partial charge is 0.488 e. The first kappa shape index (κ1) is 20.4. The number of likely N-dealkylation sites (tertiary alicyclic amines) is 1. The molecule has 2 fully saturated rings. The number of para-hydroxylation sites is 1. The molecule has 172 valence electrons. The van der Waals surface area contributed by atoms with Gasteiger partial charge in [-0.05, 0) is 43.7 Å². The summed E-state index contributed by atoms with van der Waals surface area (Å²) < 4.78 is 17.3. The molecular weight excluding hydrogens is 422 g/mol. The summed E-state index contributed by atoms with van der Waals surface area (Å²) in [6.07, 6.45) is 4.44. The van der Waals surface area contributed by atoms with E-state index >= 15 is 0 Å². The third-order valence-electron chi connectivity index (χ3n) is 7.19. The van der Waals surface area contributed by atoms with Gasteiger partial charge in [-0.15, -0.1) is 0 Å². The number of carbonyl (C=O) groups excluding carboxylic acids is 1. The van der Waals surface area contributed by atoms with Gasteiger partial charge in [0.2, 0.25) is 5.89 Å². The number of hydrogen-bond donors (Lipinski definition) is 1. The van der Waals surface area contributed by atoms with Gasteiger partial charge in [-0.1, -0.05) is 17.3 Å². The van der Waals surface area contributed by atoms with E-state index in [0.717, 1.165) is 67.1 Å². The molecule has 0 saturated carbocycles. The minimum Gasteiger partial charge on any atom is -0.488 e. The van der Waals surface area contributed by atoms with Crippen molar-refractivity contribution in [3.05, 3.63) is 47.2 Å². The zero-order chi connectivity index (χ0) is 22.4. The molecule has 1 N–H and O–H groups in total. The van der Waals surface area contributed by atoms with Gasteiger partial charge in [-0.2, -0.15) is 10.1 Å². The highest BCUT2D eigenvalue weighted by molar-refractivity contribution is 5.96.